The van der Waals surface area contributed by atoms with Crippen molar-refractivity contribution in [1.82, 2.24) is 4.90 Å². The quantitative estimate of drug-likeness (QED) is 0.525. The highest BCUT2D eigenvalue weighted by Crippen LogP contribution is 2.31. The van der Waals surface area contributed by atoms with Gasteiger partial charge in [-0.2, -0.15) is 0 Å². The van der Waals surface area contributed by atoms with Crippen molar-refractivity contribution < 1.29 is 9.72 Å². The first-order valence-corrected chi connectivity index (χ1v) is 6.76. The predicted molar refractivity (Wildman–Crippen MR) is 76.8 cm³/mol. The molecule has 1 saturated carbocycles. The van der Waals surface area contributed by atoms with E-state index in [9.17, 15) is 14.9 Å². The number of nitrogen functional groups attached to an aromatic ring is 1. The zero-order valence-corrected chi connectivity index (χ0v) is 11.9. The minimum Gasteiger partial charge on any atom is -0.397 e. The SMILES string of the molecule is CN(CC1CCC1)C(=O)c1cc([N+](=O)[O-])cc(Cl)c1N. The molecule has 7 heteroatoms. The summed E-state index contributed by atoms with van der Waals surface area (Å²) >= 11 is 5.86. The van der Waals surface area contributed by atoms with Crippen molar-refractivity contribution in [3.05, 3.63) is 32.8 Å². The minimum absolute atomic E-state index is 0.0274. The molecule has 0 heterocycles. The van der Waals surface area contributed by atoms with Gasteiger partial charge in [0.2, 0.25) is 0 Å². The van der Waals surface area contributed by atoms with Crippen LogP contribution in [0.3, 0.4) is 0 Å². The number of non-ortho nitro benzene ring substituents is 1. The van der Waals surface area contributed by atoms with Gasteiger partial charge in [-0.15, -0.1) is 0 Å². The monoisotopic (exact) mass is 297 g/mol. The van der Waals surface area contributed by atoms with Gasteiger partial charge in [0.15, 0.2) is 0 Å². The lowest BCUT2D eigenvalue weighted by Crippen LogP contribution is -2.34. The van der Waals surface area contributed by atoms with Crippen LogP contribution in [-0.4, -0.2) is 29.3 Å². The number of benzene rings is 1. The number of nitro benzene ring substituents is 1. The standard InChI is InChI=1S/C13H16ClN3O3/c1-16(7-8-3-2-4-8)13(18)10-5-9(17(19)20)6-11(14)12(10)15/h5-6,8H,2-4,7,15H2,1H3. The predicted octanol–water partition coefficient (Wildman–Crippen LogP) is 2.70. The van der Waals surface area contributed by atoms with E-state index in [0.29, 0.717) is 12.5 Å². The summed E-state index contributed by atoms with van der Waals surface area (Å²) in [5.41, 5.74) is 5.71. The Morgan fingerprint density at radius 1 is 1.55 bits per heavy atom. The maximum atomic E-state index is 12.3. The van der Waals surface area contributed by atoms with Gasteiger partial charge in [0.25, 0.3) is 11.6 Å². The van der Waals surface area contributed by atoms with Gasteiger partial charge >= 0.3 is 0 Å². The van der Waals surface area contributed by atoms with Crippen LogP contribution in [0.2, 0.25) is 5.02 Å². The molecule has 0 bridgehead atoms. The largest absolute Gasteiger partial charge is 0.397 e. The number of amides is 1. The first-order valence-electron chi connectivity index (χ1n) is 6.39. The second-order valence-electron chi connectivity index (χ2n) is 5.13. The van der Waals surface area contributed by atoms with Gasteiger partial charge in [-0.3, -0.25) is 14.9 Å². The van der Waals surface area contributed by atoms with Crippen molar-refractivity contribution in [3.8, 4) is 0 Å². The summed E-state index contributed by atoms with van der Waals surface area (Å²) in [5, 5.41) is 10.9. The van der Waals surface area contributed by atoms with E-state index in [1.54, 1.807) is 11.9 Å². The summed E-state index contributed by atoms with van der Waals surface area (Å²) in [4.78, 5) is 24.1. The molecule has 2 rings (SSSR count). The average molecular weight is 298 g/mol. The molecule has 1 aliphatic carbocycles. The number of nitrogens with zero attached hydrogens (tertiary/aromatic N) is 2. The van der Waals surface area contributed by atoms with Gasteiger partial charge in [0.1, 0.15) is 0 Å². The molecule has 1 aromatic carbocycles. The van der Waals surface area contributed by atoms with Crippen molar-refractivity contribution in [2.24, 2.45) is 5.92 Å². The third kappa shape index (κ3) is 2.85. The normalized spacial score (nSPS) is 14.7. The van der Waals surface area contributed by atoms with Crippen LogP contribution in [0.15, 0.2) is 12.1 Å². The second-order valence-corrected chi connectivity index (χ2v) is 5.54. The number of carbonyl (C=O) groups is 1. The van der Waals surface area contributed by atoms with Crippen molar-refractivity contribution in [3.63, 3.8) is 0 Å². The number of anilines is 1. The van der Waals surface area contributed by atoms with E-state index in [4.69, 9.17) is 17.3 Å². The van der Waals surface area contributed by atoms with Crippen molar-refractivity contribution in [1.29, 1.82) is 0 Å². The van der Waals surface area contributed by atoms with Gasteiger partial charge in [0, 0.05) is 25.7 Å². The van der Waals surface area contributed by atoms with E-state index in [-0.39, 0.29) is 27.9 Å². The topological polar surface area (TPSA) is 89.5 Å². The minimum atomic E-state index is -0.589. The van der Waals surface area contributed by atoms with E-state index in [1.165, 1.54) is 12.5 Å². The Bertz CT molecular complexity index is 558. The first-order chi connectivity index (χ1) is 9.40. The molecule has 0 unspecified atom stereocenters. The molecular weight excluding hydrogens is 282 g/mol. The summed E-state index contributed by atoms with van der Waals surface area (Å²) in [6.45, 7) is 0.637. The fraction of sp³-hybridized carbons (Fsp3) is 0.462. The van der Waals surface area contributed by atoms with Crippen LogP contribution in [0.25, 0.3) is 0 Å². The zero-order chi connectivity index (χ0) is 14.9. The smallest absolute Gasteiger partial charge is 0.271 e. The molecule has 0 saturated heterocycles. The summed E-state index contributed by atoms with van der Waals surface area (Å²) in [6.07, 6.45) is 3.42. The van der Waals surface area contributed by atoms with Crippen LogP contribution in [0, 0.1) is 16.0 Å². The lowest BCUT2D eigenvalue weighted by Gasteiger charge is -2.30. The Labute approximate surface area is 121 Å². The van der Waals surface area contributed by atoms with Gasteiger partial charge < -0.3 is 10.6 Å². The van der Waals surface area contributed by atoms with Crippen molar-refractivity contribution in [2.45, 2.75) is 19.3 Å². The Hall–Kier alpha value is -1.82. The lowest BCUT2D eigenvalue weighted by atomic mass is 9.85. The van der Waals surface area contributed by atoms with Crippen molar-refractivity contribution >= 4 is 28.9 Å². The van der Waals surface area contributed by atoms with Crippen LogP contribution < -0.4 is 5.73 Å². The molecule has 20 heavy (non-hydrogen) atoms. The molecule has 0 aromatic heterocycles. The molecule has 0 radical (unpaired) electrons. The molecule has 1 amide bonds. The van der Waals surface area contributed by atoms with Crippen LogP contribution >= 0.6 is 11.6 Å². The number of carbonyl (C=O) groups excluding carboxylic acids is 1. The van der Waals surface area contributed by atoms with Crippen molar-refractivity contribution in [2.75, 3.05) is 19.3 Å². The molecule has 0 aliphatic heterocycles. The second kappa shape index (κ2) is 5.66. The van der Waals surface area contributed by atoms with Crippen LogP contribution in [0.1, 0.15) is 29.6 Å². The van der Waals surface area contributed by atoms with Gasteiger partial charge in [-0.05, 0) is 18.8 Å². The molecule has 0 atom stereocenters. The van der Waals surface area contributed by atoms with Gasteiger partial charge in [-0.25, -0.2) is 0 Å². The van der Waals surface area contributed by atoms with E-state index in [0.717, 1.165) is 18.9 Å². The van der Waals surface area contributed by atoms with Crippen LogP contribution in [0.5, 0.6) is 0 Å². The molecule has 6 nitrogen and oxygen atoms in total. The average Bonchev–Trinajstić information content (AvgIpc) is 2.35. The number of nitrogens with two attached hydrogens (primary N) is 1. The maximum Gasteiger partial charge on any atom is 0.271 e. The fourth-order valence-corrected chi connectivity index (χ4v) is 2.45. The Morgan fingerprint density at radius 3 is 2.70 bits per heavy atom. The third-order valence-corrected chi connectivity index (χ3v) is 3.97. The maximum absolute atomic E-state index is 12.3. The van der Waals surface area contributed by atoms with Gasteiger partial charge in [-0.1, -0.05) is 18.0 Å². The highest BCUT2D eigenvalue weighted by molar-refractivity contribution is 6.34. The van der Waals surface area contributed by atoms with E-state index >= 15 is 0 Å². The Kier molecular flexibility index (Phi) is 4.13. The summed E-state index contributed by atoms with van der Waals surface area (Å²) < 4.78 is 0. The number of hydrogen-bond donors (Lipinski definition) is 1. The molecule has 0 spiro atoms. The Balaban J connectivity index is 2.25. The number of rotatable bonds is 4. The molecule has 1 aliphatic rings. The molecular formula is C13H16ClN3O3. The lowest BCUT2D eigenvalue weighted by molar-refractivity contribution is -0.384. The molecule has 2 N–H and O–H groups in total. The highest BCUT2D eigenvalue weighted by Gasteiger charge is 2.25. The van der Waals surface area contributed by atoms with Crippen LogP contribution in [-0.2, 0) is 0 Å². The number of hydrogen-bond acceptors (Lipinski definition) is 4. The summed E-state index contributed by atoms with van der Waals surface area (Å²) in [6, 6.07) is 2.33. The summed E-state index contributed by atoms with van der Waals surface area (Å²) in [5.74, 6) is 0.180. The van der Waals surface area contributed by atoms with E-state index in [2.05, 4.69) is 0 Å². The first kappa shape index (κ1) is 14.6. The number of nitro groups is 1. The molecule has 1 fully saturated rings. The summed E-state index contributed by atoms with van der Waals surface area (Å²) in [7, 11) is 1.67. The van der Waals surface area contributed by atoms with E-state index < -0.39 is 4.92 Å². The fourth-order valence-electron chi connectivity index (χ4n) is 2.24. The van der Waals surface area contributed by atoms with Gasteiger partial charge in [0.05, 0.1) is 21.2 Å². The Morgan fingerprint density at radius 2 is 2.20 bits per heavy atom. The molecule has 108 valence electrons. The van der Waals surface area contributed by atoms with E-state index in [1.807, 2.05) is 0 Å². The third-order valence-electron chi connectivity index (χ3n) is 3.66. The van der Waals surface area contributed by atoms with Crippen LogP contribution in [0.4, 0.5) is 11.4 Å². The zero-order valence-electron chi connectivity index (χ0n) is 11.1. The number of halogens is 1. The molecule has 1 aromatic rings. The highest BCUT2D eigenvalue weighted by atomic mass is 35.5.